The fourth-order valence-corrected chi connectivity index (χ4v) is 2.45. The van der Waals surface area contributed by atoms with Crippen LogP contribution < -0.4 is 11.1 Å². The van der Waals surface area contributed by atoms with Crippen molar-refractivity contribution in [1.29, 1.82) is 0 Å². The minimum absolute atomic E-state index is 0.300. The number of hydrogen-bond acceptors (Lipinski definition) is 3. The van der Waals surface area contributed by atoms with Crippen LogP contribution in [0.3, 0.4) is 0 Å². The third kappa shape index (κ3) is 4.10. The molecule has 1 aromatic heterocycles. The van der Waals surface area contributed by atoms with Crippen molar-refractivity contribution < 1.29 is 0 Å². The average Bonchev–Trinajstić information content (AvgIpc) is 2.42. The quantitative estimate of drug-likeness (QED) is 0.890. The summed E-state index contributed by atoms with van der Waals surface area (Å²) in [6.45, 7) is 0. The molecule has 5 heteroatoms. The number of likely N-dealkylation sites (N-methyl/N-ethyl adjacent to an activating group) is 1. The molecule has 2 rings (SSSR count). The number of nitrogens with two attached hydrogens (primary N) is 1. The van der Waals surface area contributed by atoms with Crippen LogP contribution >= 0.6 is 23.2 Å². The van der Waals surface area contributed by atoms with Gasteiger partial charge in [-0.3, -0.25) is 0 Å². The van der Waals surface area contributed by atoms with Crippen molar-refractivity contribution in [2.75, 3.05) is 12.8 Å². The maximum absolute atomic E-state index is 6.04. The van der Waals surface area contributed by atoms with E-state index in [-0.39, 0.29) is 0 Å². The van der Waals surface area contributed by atoms with Crippen LogP contribution in [0, 0.1) is 0 Å². The molecular formula is C15H17Cl2N3. The normalized spacial score (nSPS) is 12.3. The Bertz CT molecular complexity index is 587. The Morgan fingerprint density at radius 2 is 1.80 bits per heavy atom. The summed E-state index contributed by atoms with van der Waals surface area (Å²) in [5.74, 6) is 0.548. The van der Waals surface area contributed by atoms with Crippen molar-refractivity contribution >= 4 is 29.0 Å². The summed E-state index contributed by atoms with van der Waals surface area (Å²) in [5, 5.41) is 4.49. The monoisotopic (exact) mass is 309 g/mol. The Kier molecular flexibility index (Phi) is 5.24. The molecule has 0 aliphatic carbocycles. The largest absolute Gasteiger partial charge is 0.384 e. The first-order valence-corrected chi connectivity index (χ1v) is 7.15. The molecule has 0 radical (unpaired) electrons. The fourth-order valence-electron chi connectivity index (χ4n) is 2.13. The highest BCUT2D eigenvalue weighted by Crippen LogP contribution is 2.23. The van der Waals surface area contributed by atoms with E-state index in [0.29, 0.717) is 21.9 Å². The number of nitrogens with zero attached hydrogens (tertiary/aromatic N) is 1. The van der Waals surface area contributed by atoms with Gasteiger partial charge < -0.3 is 11.1 Å². The zero-order valence-corrected chi connectivity index (χ0v) is 12.7. The summed E-state index contributed by atoms with van der Waals surface area (Å²) >= 11 is 12.0. The van der Waals surface area contributed by atoms with E-state index in [9.17, 15) is 0 Å². The molecule has 20 heavy (non-hydrogen) atoms. The molecule has 3 N–H and O–H groups in total. The molecule has 1 unspecified atom stereocenters. The van der Waals surface area contributed by atoms with Gasteiger partial charge in [-0.25, -0.2) is 4.98 Å². The molecule has 0 saturated heterocycles. The van der Waals surface area contributed by atoms with Crippen molar-refractivity contribution in [3.8, 4) is 0 Å². The molecule has 0 bridgehead atoms. The van der Waals surface area contributed by atoms with E-state index in [1.54, 1.807) is 6.20 Å². The van der Waals surface area contributed by atoms with Crippen molar-refractivity contribution in [2.45, 2.75) is 18.9 Å². The van der Waals surface area contributed by atoms with Crippen LogP contribution in [-0.2, 0) is 12.8 Å². The van der Waals surface area contributed by atoms with E-state index in [1.807, 2.05) is 37.4 Å². The Morgan fingerprint density at radius 1 is 1.10 bits per heavy atom. The van der Waals surface area contributed by atoms with Crippen LogP contribution in [0.5, 0.6) is 0 Å². The molecule has 0 aliphatic heterocycles. The van der Waals surface area contributed by atoms with E-state index in [2.05, 4.69) is 10.3 Å². The summed E-state index contributed by atoms with van der Waals surface area (Å²) in [4.78, 5) is 4.00. The zero-order valence-electron chi connectivity index (χ0n) is 11.2. The first kappa shape index (κ1) is 15.1. The SMILES string of the molecule is CNC(Cc1ccnc(N)c1)Cc1ccc(Cl)c(Cl)c1. The summed E-state index contributed by atoms with van der Waals surface area (Å²) in [6.07, 6.45) is 3.48. The molecule has 3 nitrogen and oxygen atoms in total. The smallest absolute Gasteiger partial charge is 0.123 e. The van der Waals surface area contributed by atoms with Crippen LogP contribution in [0.1, 0.15) is 11.1 Å². The van der Waals surface area contributed by atoms with Crippen molar-refractivity contribution in [3.63, 3.8) is 0 Å². The van der Waals surface area contributed by atoms with Crippen LogP contribution in [0.2, 0.25) is 10.0 Å². The lowest BCUT2D eigenvalue weighted by Crippen LogP contribution is -2.29. The lowest BCUT2D eigenvalue weighted by molar-refractivity contribution is 0.556. The summed E-state index contributed by atoms with van der Waals surface area (Å²) in [5.41, 5.74) is 8.02. The lowest BCUT2D eigenvalue weighted by Gasteiger charge is -2.17. The molecule has 0 fully saturated rings. The van der Waals surface area contributed by atoms with Gasteiger partial charge in [0.1, 0.15) is 5.82 Å². The number of pyridine rings is 1. The van der Waals surface area contributed by atoms with Crippen LogP contribution in [-0.4, -0.2) is 18.1 Å². The zero-order chi connectivity index (χ0) is 14.5. The number of nitrogens with one attached hydrogen (secondary N) is 1. The number of anilines is 1. The van der Waals surface area contributed by atoms with Crippen LogP contribution in [0.15, 0.2) is 36.5 Å². The van der Waals surface area contributed by atoms with Gasteiger partial charge >= 0.3 is 0 Å². The Labute approximate surface area is 129 Å². The molecule has 1 aromatic carbocycles. The Morgan fingerprint density at radius 3 is 2.40 bits per heavy atom. The number of halogens is 2. The Balaban J connectivity index is 2.07. The first-order valence-electron chi connectivity index (χ1n) is 6.40. The predicted molar refractivity (Wildman–Crippen MR) is 85.4 cm³/mol. The molecule has 1 atom stereocenters. The van der Waals surface area contributed by atoms with Gasteiger partial charge in [0.2, 0.25) is 0 Å². The number of nitrogen functional groups attached to an aromatic ring is 1. The van der Waals surface area contributed by atoms with E-state index in [0.717, 1.165) is 24.0 Å². The average molecular weight is 310 g/mol. The van der Waals surface area contributed by atoms with Gasteiger partial charge in [0.25, 0.3) is 0 Å². The van der Waals surface area contributed by atoms with Crippen molar-refractivity contribution in [3.05, 3.63) is 57.7 Å². The van der Waals surface area contributed by atoms with Gasteiger partial charge in [-0.05, 0) is 55.3 Å². The minimum atomic E-state index is 0.300. The first-order chi connectivity index (χ1) is 9.58. The number of benzene rings is 1. The highest BCUT2D eigenvalue weighted by molar-refractivity contribution is 6.42. The second-order valence-electron chi connectivity index (χ2n) is 4.73. The van der Waals surface area contributed by atoms with Gasteiger partial charge in [0.05, 0.1) is 10.0 Å². The van der Waals surface area contributed by atoms with Crippen LogP contribution in [0.4, 0.5) is 5.82 Å². The number of hydrogen-bond donors (Lipinski definition) is 2. The maximum atomic E-state index is 6.04. The van der Waals surface area contributed by atoms with Gasteiger partial charge in [-0.2, -0.15) is 0 Å². The second kappa shape index (κ2) is 6.93. The molecule has 1 heterocycles. The third-order valence-electron chi connectivity index (χ3n) is 3.20. The molecule has 0 amide bonds. The van der Waals surface area contributed by atoms with Gasteiger partial charge in [-0.1, -0.05) is 29.3 Å². The van der Waals surface area contributed by atoms with Gasteiger partial charge in [-0.15, -0.1) is 0 Å². The molecule has 106 valence electrons. The lowest BCUT2D eigenvalue weighted by atomic mass is 9.99. The third-order valence-corrected chi connectivity index (χ3v) is 3.94. The number of rotatable bonds is 5. The highest BCUT2D eigenvalue weighted by Gasteiger charge is 2.10. The van der Waals surface area contributed by atoms with Gasteiger partial charge in [0.15, 0.2) is 0 Å². The predicted octanol–water partition coefficient (Wildman–Crippen LogP) is 3.34. The molecule has 0 aliphatic rings. The molecule has 2 aromatic rings. The van der Waals surface area contributed by atoms with E-state index in [1.165, 1.54) is 0 Å². The van der Waals surface area contributed by atoms with E-state index < -0.39 is 0 Å². The summed E-state index contributed by atoms with van der Waals surface area (Å²) in [7, 11) is 1.95. The summed E-state index contributed by atoms with van der Waals surface area (Å²) in [6, 6.07) is 9.92. The molecular weight excluding hydrogens is 293 g/mol. The standard InChI is InChI=1S/C15H17Cl2N3/c1-19-12(7-11-4-5-20-15(18)9-11)6-10-2-3-13(16)14(17)8-10/h2-5,8-9,12,19H,6-7H2,1H3,(H2,18,20). The van der Waals surface area contributed by atoms with Crippen molar-refractivity contribution in [1.82, 2.24) is 10.3 Å². The Hall–Kier alpha value is -1.29. The summed E-state index contributed by atoms with van der Waals surface area (Å²) < 4.78 is 0. The number of aromatic nitrogens is 1. The molecule has 0 saturated carbocycles. The van der Waals surface area contributed by atoms with E-state index >= 15 is 0 Å². The topological polar surface area (TPSA) is 50.9 Å². The van der Waals surface area contributed by atoms with E-state index in [4.69, 9.17) is 28.9 Å². The maximum Gasteiger partial charge on any atom is 0.123 e. The van der Waals surface area contributed by atoms with Crippen molar-refractivity contribution in [2.24, 2.45) is 0 Å². The van der Waals surface area contributed by atoms with Crippen LogP contribution in [0.25, 0.3) is 0 Å². The minimum Gasteiger partial charge on any atom is -0.384 e. The highest BCUT2D eigenvalue weighted by atomic mass is 35.5. The molecule has 0 spiro atoms. The fraction of sp³-hybridized carbons (Fsp3) is 0.267. The van der Waals surface area contributed by atoms with Gasteiger partial charge in [0, 0.05) is 12.2 Å². The second-order valence-corrected chi connectivity index (χ2v) is 5.55.